The molecular weight excluding hydrogens is 372 g/mol. The first-order valence-corrected chi connectivity index (χ1v) is 9.20. The van der Waals surface area contributed by atoms with Crippen LogP contribution in [0.25, 0.3) is 10.1 Å². The van der Waals surface area contributed by atoms with Gasteiger partial charge < -0.3 is 4.74 Å². The Morgan fingerprint density at radius 1 is 1.12 bits per heavy atom. The van der Waals surface area contributed by atoms with E-state index in [1.165, 1.54) is 11.3 Å². The van der Waals surface area contributed by atoms with Crippen LogP contribution in [0, 0.1) is 6.92 Å². The average Bonchev–Trinajstić information content (AvgIpc) is 2.97. The highest BCUT2D eigenvalue weighted by atomic mass is 35.5. The number of carbonyl (C=O) groups is 2. The minimum Gasteiger partial charge on any atom is -0.493 e. The van der Waals surface area contributed by atoms with Crippen molar-refractivity contribution in [2.75, 3.05) is 6.61 Å². The minimum atomic E-state index is -0.441. The molecule has 0 aliphatic heterocycles. The largest absolute Gasteiger partial charge is 0.493 e. The Kier molecular flexibility index (Phi) is 5.75. The van der Waals surface area contributed by atoms with Gasteiger partial charge in [0.15, 0.2) is 0 Å². The Morgan fingerprint density at radius 2 is 1.92 bits per heavy atom. The SMILES string of the molecule is Cc1cccc(OCCC(=O)NNC(=O)c2sc3ccccc3c2Cl)c1. The molecule has 0 spiro atoms. The fourth-order valence-corrected chi connectivity index (χ4v) is 3.78. The first-order chi connectivity index (χ1) is 12.5. The van der Waals surface area contributed by atoms with Crippen molar-refractivity contribution in [1.82, 2.24) is 10.9 Å². The molecule has 2 amide bonds. The molecule has 0 saturated heterocycles. The molecule has 2 N–H and O–H groups in total. The van der Waals surface area contributed by atoms with E-state index in [-0.39, 0.29) is 18.9 Å². The van der Waals surface area contributed by atoms with E-state index in [2.05, 4.69) is 10.9 Å². The maximum Gasteiger partial charge on any atom is 0.281 e. The zero-order chi connectivity index (χ0) is 18.5. The molecule has 5 nitrogen and oxygen atoms in total. The molecule has 26 heavy (non-hydrogen) atoms. The molecule has 0 fully saturated rings. The zero-order valence-corrected chi connectivity index (χ0v) is 15.6. The normalized spacial score (nSPS) is 10.5. The van der Waals surface area contributed by atoms with Crippen LogP contribution in [0.4, 0.5) is 0 Å². The van der Waals surface area contributed by atoms with Gasteiger partial charge in [0.25, 0.3) is 5.91 Å². The molecule has 134 valence electrons. The van der Waals surface area contributed by atoms with E-state index in [4.69, 9.17) is 16.3 Å². The van der Waals surface area contributed by atoms with E-state index < -0.39 is 5.91 Å². The fourth-order valence-electron chi connectivity index (χ4n) is 2.37. The second-order valence-electron chi connectivity index (χ2n) is 5.66. The second kappa shape index (κ2) is 8.21. The summed E-state index contributed by atoms with van der Waals surface area (Å²) in [6, 6.07) is 15.1. The fraction of sp³-hybridized carbons (Fsp3) is 0.158. The second-order valence-corrected chi connectivity index (χ2v) is 7.09. The lowest BCUT2D eigenvalue weighted by atomic mass is 10.2. The Bertz CT molecular complexity index is 955. The monoisotopic (exact) mass is 388 g/mol. The van der Waals surface area contributed by atoms with Crippen LogP contribution in [-0.2, 0) is 4.79 Å². The van der Waals surface area contributed by atoms with E-state index >= 15 is 0 Å². The molecule has 1 heterocycles. The van der Waals surface area contributed by atoms with Crippen LogP contribution < -0.4 is 15.6 Å². The van der Waals surface area contributed by atoms with Crippen molar-refractivity contribution >= 4 is 44.8 Å². The Balaban J connectivity index is 1.49. The maximum absolute atomic E-state index is 12.2. The van der Waals surface area contributed by atoms with Crippen LogP contribution in [0.2, 0.25) is 5.02 Å². The highest BCUT2D eigenvalue weighted by Crippen LogP contribution is 2.34. The van der Waals surface area contributed by atoms with Gasteiger partial charge in [0.1, 0.15) is 10.6 Å². The molecular formula is C19H17ClN2O3S. The minimum absolute atomic E-state index is 0.119. The van der Waals surface area contributed by atoms with E-state index in [9.17, 15) is 9.59 Å². The van der Waals surface area contributed by atoms with Gasteiger partial charge in [-0.3, -0.25) is 20.4 Å². The van der Waals surface area contributed by atoms with Gasteiger partial charge in [-0.05, 0) is 30.7 Å². The van der Waals surface area contributed by atoms with Crippen molar-refractivity contribution in [2.24, 2.45) is 0 Å². The zero-order valence-electron chi connectivity index (χ0n) is 14.0. The predicted molar refractivity (Wildman–Crippen MR) is 104 cm³/mol. The van der Waals surface area contributed by atoms with Gasteiger partial charge in [0.05, 0.1) is 18.1 Å². The summed E-state index contributed by atoms with van der Waals surface area (Å²) >= 11 is 7.53. The van der Waals surface area contributed by atoms with E-state index in [1.807, 2.05) is 55.5 Å². The molecule has 2 aromatic carbocycles. The number of rotatable bonds is 5. The third kappa shape index (κ3) is 4.33. The number of aryl methyl sites for hydroxylation is 1. The van der Waals surface area contributed by atoms with Gasteiger partial charge in [-0.15, -0.1) is 11.3 Å². The van der Waals surface area contributed by atoms with Crippen LogP contribution in [0.3, 0.4) is 0 Å². The molecule has 0 aliphatic carbocycles. The van der Waals surface area contributed by atoms with Crippen molar-refractivity contribution in [1.29, 1.82) is 0 Å². The van der Waals surface area contributed by atoms with Crippen LogP contribution in [0.15, 0.2) is 48.5 Å². The average molecular weight is 389 g/mol. The Hall–Kier alpha value is -2.57. The summed E-state index contributed by atoms with van der Waals surface area (Å²) in [7, 11) is 0. The van der Waals surface area contributed by atoms with Crippen molar-refractivity contribution in [3.05, 3.63) is 64.0 Å². The summed E-state index contributed by atoms with van der Waals surface area (Å²) in [6.45, 7) is 2.18. The number of carbonyl (C=O) groups excluding carboxylic acids is 2. The molecule has 0 aliphatic rings. The van der Waals surface area contributed by atoms with Gasteiger partial charge in [-0.2, -0.15) is 0 Å². The summed E-state index contributed by atoms with van der Waals surface area (Å²) in [6.07, 6.45) is 0.119. The molecule has 0 saturated carbocycles. The number of amides is 2. The van der Waals surface area contributed by atoms with Gasteiger partial charge in [-0.1, -0.05) is 41.9 Å². The van der Waals surface area contributed by atoms with Crippen molar-refractivity contribution < 1.29 is 14.3 Å². The van der Waals surface area contributed by atoms with Crippen LogP contribution >= 0.6 is 22.9 Å². The molecule has 0 radical (unpaired) electrons. The van der Waals surface area contributed by atoms with E-state index in [0.29, 0.717) is 15.6 Å². The van der Waals surface area contributed by atoms with Gasteiger partial charge in [0, 0.05) is 10.1 Å². The highest BCUT2D eigenvalue weighted by Gasteiger charge is 2.17. The van der Waals surface area contributed by atoms with Crippen LogP contribution in [-0.4, -0.2) is 18.4 Å². The molecule has 7 heteroatoms. The maximum atomic E-state index is 12.2. The number of hydrazine groups is 1. The number of halogens is 1. The standard InChI is InChI=1S/C19H17ClN2O3S/c1-12-5-4-6-13(11-12)25-10-9-16(23)21-22-19(24)18-17(20)14-7-2-3-8-15(14)26-18/h2-8,11H,9-10H2,1H3,(H,21,23)(H,22,24). The van der Waals surface area contributed by atoms with Gasteiger partial charge >= 0.3 is 0 Å². The number of ether oxygens (including phenoxy) is 1. The molecule has 0 unspecified atom stereocenters. The summed E-state index contributed by atoms with van der Waals surface area (Å²) < 4.78 is 6.43. The first kappa shape index (κ1) is 18.2. The van der Waals surface area contributed by atoms with Crippen molar-refractivity contribution in [3.63, 3.8) is 0 Å². The number of fused-ring (bicyclic) bond motifs is 1. The summed E-state index contributed by atoms with van der Waals surface area (Å²) in [5.41, 5.74) is 5.85. The third-order valence-corrected chi connectivity index (χ3v) is 5.32. The lowest BCUT2D eigenvalue weighted by molar-refractivity contribution is -0.122. The number of benzene rings is 2. The lowest BCUT2D eigenvalue weighted by Gasteiger charge is -2.08. The molecule has 0 atom stereocenters. The van der Waals surface area contributed by atoms with Gasteiger partial charge in [-0.25, -0.2) is 0 Å². The number of hydrogen-bond acceptors (Lipinski definition) is 4. The third-order valence-electron chi connectivity index (χ3n) is 3.64. The predicted octanol–water partition coefficient (Wildman–Crippen LogP) is 4.09. The molecule has 1 aromatic heterocycles. The number of hydrogen-bond donors (Lipinski definition) is 2. The van der Waals surface area contributed by atoms with E-state index in [0.717, 1.165) is 15.6 Å². The van der Waals surface area contributed by atoms with Crippen molar-refractivity contribution in [2.45, 2.75) is 13.3 Å². The van der Waals surface area contributed by atoms with Crippen LogP contribution in [0.5, 0.6) is 5.75 Å². The topological polar surface area (TPSA) is 67.4 Å². The number of nitrogens with one attached hydrogen (secondary N) is 2. The van der Waals surface area contributed by atoms with Crippen LogP contribution in [0.1, 0.15) is 21.7 Å². The molecule has 0 bridgehead atoms. The molecule has 3 rings (SSSR count). The Morgan fingerprint density at radius 3 is 2.69 bits per heavy atom. The van der Waals surface area contributed by atoms with Crippen molar-refractivity contribution in [3.8, 4) is 5.75 Å². The summed E-state index contributed by atoms with van der Waals surface area (Å²) in [5, 5.41) is 1.21. The van der Waals surface area contributed by atoms with E-state index in [1.54, 1.807) is 0 Å². The number of thiophene rings is 1. The lowest BCUT2D eigenvalue weighted by Crippen LogP contribution is -2.41. The highest BCUT2D eigenvalue weighted by molar-refractivity contribution is 7.21. The first-order valence-electron chi connectivity index (χ1n) is 8.00. The summed E-state index contributed by atoms with van der Waals surface area (Å²) in [5.74, 6) is -0.0775. The van der Waals surface area contributed by atoms with Gasteiger partial charge in [0.2, 0.25) is 5.91 Å². The quantitative estimate of drug-likeness (QED) is 0.647. The molecule has 3 aromatic rings. The smallest absolute Gasteiger partial charge is 0.281 e. The summed E-state index contributed by atoms with van der Waals surface area (Å²) in [4.78, 5) is 24.5. The Labute approximate surface area is 159 Å².